The molecule has 21 heavy (non-hydrogen) atoms. The van der Waals surface area contributed by atoms with Crippen LogP contribution in [0.3, 0.4) is 0 Å². The molecule has 1 atom stereocenters. The number of amides is 1. The lowest BCUT2D eigenvalue weighted by atomic mass is 9.95. The predicted octanol–water partition coefficient (Wildman–Crippen LogP) is 1.63. The van der Waals surface area contributed by atoms with Crippen molar-refractivity contribution >= 4 is 5.91 Å². The van der Waals surface area contributed by atoms with E-state index in [9.17, 15) is 4.79 Å². The minimum atomic E-state index is -0.0909. The molecule has 0 spiro atoms. The van der Waals surface area contributed by atoms with Crippen molar-refractivity contribution < 1.29 is 14.3 Å². The van der Waals surface area contributed by atoms with Crippen molar-refractivity contribution in [3.8, 4) is 5.75 Å². The SMILES string of the molecule is O=C(COc1ccnc2c1CCCC2)NCC1CCCO1. The second-order valence-electron chi connectivity index (χ2n) is 5.67. The minimum Gasteiger partial charge on any atom is -0.483 e. The molecule has 5 nitrogen and oxygen atoms in total. The van der Waals surface area contributed by atoms with Crippen LogP contribution in [0.4, 0.5) is 0 Å². The Morgan fingerprint density at radius 3 is 3.14 bits per heavy atom. The van der Waals surface area contributed by atoms with Crippen LogP contribution in [0.2, 0.25) is 0 Å². The molecule has 1 amide bonds. The summed E-state index contributed by atoms with van der Waals surface area (Å²) in [4.78, 5) is 16.2. The first kappa shape index (κ1) is 14.3. The van der Waals surface area contributed by atoms with E-state index in [0.29, 0.717) is 6.54 Å². The molecule has 2 heterocycles. The average Bonchev–Trinajstić information content (AvgIpc) is 3.04. The molecule has 1 saturated heterocycles. The van der Waals surface area contributed by atoms with Gasteiger partial charge in [0, 0.05) is 30.6 Å². The van der Waals surface area contributed by atoms with Gasteiger partial charge < -0.3 is 14.8 Å². The standard InChI is InChI=1S/C16H22N2O3/c19-16(18-10-12-4-3-9-20-12)11-21-15-7-8-17-14-6-2-1-5-13(14)15/h7-8,12H,1-6,9-11H2,(H,18,19). The summed E-state index contributed by atoms with van der Waals surface area (Å²) >= 11 is 0. The van der Waals surface area contributed by atoms with Crippen LogP contribution in [0.15, 0.2) is 12.3 Å². The van der Waals surface area contributed by atoms with E-state index in [1.54, 1.807) is 6.20 Å². The summed E-state index contributed by atoms with van der Waals surface area (Å²) in [5.74, 6) is 0.721. The summed E-state index contributed by atoms with van der Waals surface area (Å²) in [6.45, 7) is 1.44. The van der Waals surface area contributed by atoms with Crippen LogP contribution in [0.5, 0.6) is 5.75 Å². The first-order chi connectivity index (χ1) is 10.3. The number of nitrogens with one attached hydrogen (secondary N) is 1. The van der Waals surface area contributed by atoms with Crippen molar-refractivity contribution in [2.24, 2.45) is 0 Å². The second-order valence-corrected chi connectivity index (χ2v) is 5.67. The summed E-state index contributed by atoms with van der Waals surface area (Å²) < 4.78 is 11.2. The van der Waals surface area contributed by atoms with Gasteiger partial charge in [-0.2, -0.15) is 0 Å². The van der Waals surface area contributed by atoms with Crippen molar-refractivity contribution in [3.05, 3.63) is 23.5 Å². The summed E-state index contributed by atoms with van der Waals surface area (Å²) in [5, 5.41) is 2.87. The second kappa shape index (κ2) is 6.89. The maximum atomic E-state index is 11.8. The van der Waals surface area contributed by atoms with E-state index < -0.39 is 0 Å². The van der Waals surface area contributed by atoms with Crippen LogP contribution in [-0.4, -0.2) is 36.8 Å². The molecular formula is C16H22N2O3. The Labute approximate surface area is 125 Å². The van der Waals surface area contributed by atoms with Crippen LogP contribution in [0, 0.1) is 0 Å². The molecule has 0 radical (unpaired) electrons. The summed E-state index contributed by atoms with van der Waals surface area (Å²) in [6.07, 6.45) is 8.41. The number of nitrogens with zero attached hydrogens (tertiary/aromatic N) is 1. The normalized spacial score (nSPS) is 20.9. The lowest BCUT2D eigenvalue weighted by molar-refractivity contribution is -0.123. The first-order valence-corrected chi connectivity index (χ1v) is 7.81. The molecule has 5 heteroatoms. The zero-order valence-corrected chi connectivity index (χ0v) is 12.3. The Balaban J connectivity index is 1.49. The molecule has 3 rings (SSSR count). The first-order valence-electron chi connectivity index (χ1n) is 7.81. The zero-order chi connectivity index (χ0) is 14.5. The number of hydrogen-bond donors (Lipinski definition) is 1. The monoisotopic (exact) mass is 290 g/mol. The predicted molar refractivity (Wildman–Crippen MR) is 78.4 cm³/mol. The molecule has 0 aromatic carbocycles. The van der Waals surface area contributed by atoms with Crippen LogP contribution >= 0.6 is 0 Å². The van der Waals surface area contributed by atoms with E-state index in [-0.39, 0.29) is 18.6 Å². The molecule has 1 N–H and O–H groups in total. The van der Waals surface area contributed by atoms with E-state index in [0.717, 1.165) is 43.7 Å². The molecule has 1 aromatic heterocycles. The molecule has 114 valence electrons. The third-order valence-electron chi connectivity index (χ3n) is 4.10. The summed E-state index contributed by atoms with van der Waals surface area (Å²) in [5.41, 5.74) is 2.30. The van der Waals surface area contributed by atoms with Crippen LogP contribution < -0.4 is 10.1 Å². The number of carbonyl (C=O) groups excluding carboxylic acids is 1. The minimum absolute atomic E-state index is 0.0587. The Kier molecular flexibility index (Phi) is 4.70. The van der Waals surface area contributed by atoms with Crippen molar-refractivity contribution in [2.45, 2.75) is 44.6 Å². The number of rotatable bonds is 5. The van der Waals surface area contributed by atoms with Gasteiger partial charge in [-0.05, 0) is 44.6 Å². The van der Waals surface area contributed by atoms with Gasteiger partial charge in [-0.15, -0.1) is 0 Å². The Morgan fingerprint density at radius 1 is 1.38 bits per heavy atom. The maximum Gasteiger partial charge on any atom is 0.258 e. The highest BCUT2D eigenvalue weighted by Crippen LogP contribution is 2.27. The molecule has 0 saturated carbocycles. The average molecular weight is 290 g/mol. The van der Waals surface area contributed by atoms with Crippen molar-refractivity contribution in [2.75, 3.05) is 19.8 Å². The lowest BCUT2D eigenvalue weighted by Crippen LogP contribution is -2.35. The van der Waals surface area contributed by atoms with E-state index >= 15 is 0 Å². The molecular weight excluding hydrogens is 268 g/mol. The van der Waals surface area contributed by atoms with Crippen LogP contribution in [0.25, 0.3) is 0 Å². The maximum absolute atomic E-state index is 11.8. The molecule has 1 aliphatic heterocycles. The van der Waals surface area contributed by atoms with Gasteiger partial charge in [-0.1, -0.05) is 0 Å². The smallest absolute Gasteiger partial charge is 0.258 e. The van der Waals surface area contributed by atoms with Crippen molar-refractivity contribution in [1.82, 2.24) is 10.3 Å². The molecule has 1 fully saturated rings. The van der Waals surface area contributed by atoms with E-state index in [4.69, 9.17) is 9.47 Å². The fourth-order valence-electron chi connectivity index (χ4n) is 2.96. The third kappa shape index (κ3) is 3.73. The van der Waals surface area contributed by atoms with E-state index in [1.807, 2.05) is 6.07 Å². The quantitative estimate of drug-likeness (QED) is 0.895. The van der Waals surface area contributed by atoms with E-state index in [2.05, 4.69) is 10.3 Å². The summed E-state index contributed by atoms with van der Waals surface area (Å²) in [7, 11) is 0. The highest BCUT2D eigenvalue weighted by atomic mass is 16.5. The van der Waals surface area contributed by atoms with Gasteiger partial charge in [0.15, 0.2) is 6.61 Å². The Bertz CT molecular complexity index is 498. The van der Waals surface area contributed by atoms with Gasteiger partial charge in [0.1, 0.15) is 5.75 Å². The van der Waals surface area contributed by atoms with Crippen LogP contribution in [0.1, 0.15) is 36.9 Å². The highest BCUT2D eigenvalue weighted by Gasteiger charge is 2.18. The molecule has 1 aromatic rings. The molecule has 2 aliphatic rings. The number of pyridine rings is 1. The number of carbonyl (C=O) groups is 1. The van der Waals surface area contributed by atoms with E-state index in [1.165, 1.54) is 18.4 Å². The van der Waals surface area contributed by atoms with Crippen molar-refractivity contribution in [1.29, 1.82) is 0 Å². The third-order valence-corrected chi connectivity index (χ3v) is 4.10. The van der Waals surface area contributed by atoms with Gasteiger partial charge in [-0.3, -0.25) is 9.78 Å². The van der Waals surface area contributed by atoms with Gasteiger partial charge in [0.05, 0.1) is 6.10 Å². The topological polar surface area (TPSA) is 60.5 Å². The zero-order valence-electron chi connectivity index (χ0n) is 12.3. The molecule has 0 bridgehead atoms. The molecule has 1 aliphatic carbocycles. The fourth-order valence-corrected chi connectivity index (χ4v) is 2.96. The van der Waals surface area contributed by atoms with Crippen molar-refractivity contribution in [3.63, 3.8) is 0 Å². The lowest BCUT2D eigenvalue weighted by Gasteiger charge is -2.18. The number of aromatic nitrogens is 1. The summed E-state index contributed by atoms with van der Waals surface area (Å²) in [6, 6.07) is 1.86. The number of hydrogen-bond acceptors (Lipinski definition) is 4. The fraction of sp³-hybridized carbons (Fsp3) is 0.625. The number of fused-ring (bicyclic) bond motifs is 1. The largest absolute Gasteiger partial charge is 0.483 e. The number of ether oxygens (including phenoxy) is 2. The molecule has 1 unspecified atom stereocenters. The Morgan fingerprint density at radius 2 is 2.29 bits per heavy atom. The van der Waals surface area contributed by atoms with Gasteiger partial charge in [-0.25, -0.2) is 0 Å². The number of aryl methyl sites for hydroxylation is 1. The van der Waals surface area contributed by atoms with Gasteiger partial charge >= 0.3 is 0 Å². The van der Waals surface area contributed by atoms with Gasteiger partial charge in [0.25, 0.3) is 5.91 Å². The van der Waals surface area contributed by atoms with Gasteiger partial charge in [0.2, 0.25) is 0 Å². The van der Waals surface area contributed by atoms with Crippen LogP contribution in [-0.2, 0) is 22.4 Å². The highest BCUT2D eigenvalue weighted by molar-refractivity contribution is 5.77. The Hall–Kier alpha value is -1.62.